The number of anilines is 1. The van der Waals surface area contributed by atoms with Crippen molar-refractivity contribution in [1.29, 1.82) is 5.26 Å². The highest BCUT2D eigenvalue weighted by Crippen LogP contribution is 2.24. The van der Waals surface area contributed by atoms with Gasteiger partial charge < -0.3 is 15.2 Å². The maximum atomic E-state index is 12.9. The molecule has 2 N–H and O–H groups in total. The molecule has 0 atom stereocenters. The van der Waals surface area contributed by atoms with Crippen LogP contribution >= 0.6 is 0 Å². The molecule has 0 bridgehead atoms. The van der Waals surface area contributed by atoms with Crippen molar-refractivity contribution >= 4 is 5.69 Å². The topological polar surface area (TPSA) is 68.3 Å². The fraction of sp³-hybridized carbons (Fsp3) is 0.133. The van der Waals surface area contributed by atoms with Gasteiger partial charge in [0.05, 0.1) is 18.4 Å². The number of nitrogen functional groups attached to an aromatic ring is 1. The Morgan fingerprint density at radius 2 is 1.95 bits per heavy atom. The summed E-state index contributed by atoms with van der Waals surface area (Å²) >= 11 is 0. The lowest BCUT2D eigenvalue weighted by Crippen LogP contribution is -2.00. The molecule has 0 aliphatic heterocycles. The summed E-state index contributed by atoms with van der Waals surface area (Å²) in [7, 11) is 1.51. The van der Waals surface area contributed by atoms with Gasteiger partial charge in [-0.25, -0.2) is 4.39 Å². The third-order valence-electron chi connectivity index (χ3n) is 2.75. The van der Waals surface area contributed by atoms with Crippen molar-refractivity contribution in [2.45, 2.75) is 6.61 Å². The molecule has 0 amide bonds. The zero-order valence-corrected chi connectivity index (χ0v) is 10.9. The summed E-state index contributed by atoms with van der Waals surface area (Å²) in [5, 5.41) is 9.00. The van der Waals surface area contributed by atoms with E-state index in [0.717, 1.165) is 5.56 Å². The van der Waals surface area contributed by atoms with Crippen LogP contribution in [0, 0.1) is 17.1 Å². The quantitative estimate of drug-likeness (QED) is 0.869. The minimum Gasteiger partial charge on any atom is -0.495 e. The first-order valence-electron chi connectivity index (χ1n) is 5.89. The van der Waals surface area contributed by atoms with E-state index in [1.54, 1.807) is 18.2 Å². The summed E-state index contributed by atoms with van der Waals surface area (Å²) in [5.74, 6) is 0.504. The van der Waals surface area contributed by atoms with Gasteiger partial charge in [-0.15, -0.1) is 0 Å². The molecule has 2 aromatic carbocycles. The molecule has 5 heteroatoms. The van der Waals surface area contributed by atoms with Crippen LogP contribution in [0.2, 0.25) is 0 Å². The van der Waals surface area contributed by atoms with Crippen molar-refractivity contribution in [3.63, 3.8) is 0 Å². The fourth-order valence-corrected chi connectivity index (χ4v) is 1.74. The number of hydrogen-bond donors (Lipinski definition) is 1. The number of halogens is 1. The first kappa shape index (κ1) is 13.7. The minimum absolute atomic E-state index is 0.231. The van der Waals surface area contributed by atoms with E-state index in [1.807, 2.05) is 6.07 Å². The van der Waals surface area contributed by atoms with Crippen molar-refractivity contribution < 1.29 is 13.9 Å². The van der Waals surface area contributed by atoms with Crippen LogP contribution in [-0.4, -0.2) is 7.11 Å². The summed E-state index contributed by atoms with van der Waals surface area (Å²) < 4.78 is 23.5. The molecule has 2 aromatic rings. The summed E-state index contributed by atoms with van der Waals surface area (Å²) in [6.07, 6.45) is 0. The van der Waals surface area contributed by atoms with Gasteiger partial charge in [-0.05, 0) is 29.8 Å². The van der Waals surface area contributed by atoms with Gasteiger partial charge in [0.25, 0.3) is 0 Å². The van der Waals surface area contributed by atoms with Crippen LogP contribution < -0.4 is 15.2 Å². The Morgan fingerprint density at radius 3 is 2.60 bits per heavy atom. The number of hydrogen-bond acceptors (Lipinski definition) is 4. The second-order valence-electron chi connectivity index (χ2n) is 4.12. The van der Waals surface area contributed by atoms with Crippen molar-refractivity contribution in [1.82, 2.24) is 0 Å². The molecule has 0 heterocycles. The standard InChI is InChI=1S/C15H13FN2O2/c1-19-14-4-2-10(6-11(14)8-17)9-20-15-5-3-12(16)7-13(15)18/h2-7H,9,18H2,1H3. The van der Waals surface area contributed by atoms with Crippen LogP contribution in [0.25, 0.3) is 0 Å². The largest absolute Gasteiger partial charge is 0.495 e. The molecule has 2 rings (SSSR count). The number of methoxy groups -OCH3 is 1. The first-order valence-corrected chi connectivity index (χ1v) is 5.89. The molecule has 0 fully saturated rings. The van der Waals surface area contributed by atoms with E-state index >= 15 is 0 Å². The summed E-state index contributed by atoms with van der Waals surface area (Å²) in [6, 6.07) is 11.2. The zero-order valence-electron chi connectivity index (χ0n) is 10.9. The van der Waals surface area contributed by atoms with Crippen LogP contribution in [0.15, 0.2) is 36.4 Å². The summed E-state index contributed by atoms with van der Waals surface area (Å²) in [6.45, 7) is 0.231. The lowest BCUT2D eigenvalue weighted by Gasteiger charge is -2.10. The Kier molecular flexibility index (Phi) is 4.06. The summed E-state index contributed by atoms with van der Waals surface area (Å²) in [4.78, 5) is 0. The predicted molar refractivity (Wildman–Crippen MR) is 72.9 cm³/mol. The molecular formula is C15H13FN2O2. The Morgan fingerprint density at radius 1 is 1.20 bits per heavy atom. The maximum absolute atomic E-state index is 12.9. The van der Waals surface area contributed by atoms with Crippen LogP contribution in [0.5, 0.6) is 11.5 Å². The van der Waals surface area contributed by atoms with Crippen molar-refractivity contribution in [3.05, 3.63) is 53.3 Å². The second kappa shape index (κ2) is 5.93. The van der Waals surface area contributed by atoms with Gasteiger partial charge in [0, 0.05) is 6.07 Å². The molecule has 0 spiro atoms. The van der Waals surface area contributed by atoms with E-state index < -0.39 is 5.82 Å². The monoisotopic (exact) mass is 272 g/mol. The van der Waals surface area contributed by atoms with Crippen LogP contribution in [0.4, 0.5) is 10.1 Å². The first-order chi connectivity index (χ1) is 9.63. The Labute approximate surface area is 116 Å². The van der Waals surface area contributed by atoms with Crippen molar-refractivity contribution in [3.8, 4) is 17.6 Å². The molecule has 4 nitrogen and oxygen atoms in total. The second-order valence-corrected chi connectivity index (χ2v) is 4.12. The fourth-order valence-electron chi connectivity index (χ4n) is 1.74. The lowest BCUT2D eigenvalue weighted by molar-refractivity contribution is 0.307. The zero-order chi connectivity index (χ0) is 14.5. The third kappa shape index (κ3) is 2.98. The van der Waals surface area contributed by atoms with Gasteiger partial charge in [0.15, 0.2) is 0 Å². The van der Waals surface area contributed by atoms with E-state index in [9.17, 15) is 4.39 Å². The number of rotatable bonds is 4. The number of ether oxygens (including phenoxy) is 2. The molecule has 0 saturated carbocycles. The third-order valence-corrected chi connectivity index (χ3v) is 2.75. The number of nitrogens with zero attached hydrogens (tertiary/aromatic N) is 1. The van der Waals surface area contributed by atoms with E-state index in [2.05, 4.69) is 0 Å². The van der Waals surface area contributed by atoms with E-state index in [-0.39, 0.29) is 12.3 Å². The van der Waals surface area contributed by atoms with Crippen LogP contribution in [0.1, 0.15) is 11.1 Å². The van der Waals surface area contributed by atoms with Crippen molar-refractivity contribution in [2.75, 3.05) is 12.8 Å². The SMILES string of the molecule is COc1ccc(COc2ccc(F)cc2N)cc1C#N. The number of nitrogens with two attached hydrogens (primary N) is 1. The maximum Gasteiger partial charge on any atom is 0.142 e. The molecule has 0 unspecified atom stereocenters. The van der Waals surface area contributed by atoms with E-state index in [4.69, 9.17) is 20.5 Å². The molecular weight excluding hydrogens is 259 g/mol. The van der Waals surface area contributed by atoms with Gasteiger partial charge in [0.2, 0.25) is 0 Å². The number of nitriles is 1. The smallest absolute Gasteiger partial charge is 0.142 e. The Bertz CT molecular complexity index is 665. The van der Waals surface area contributed by atoms with Crippen LogP contribution in [-0.2, 0) is 6.61 Å². The van der Waals surface area contributed by atoms with Gasteiger partial charge in [-0.1, -0.05) is 6.07 Å². The number of benzene rings is 2. The Balaban J connectivity index is 2.13. The molecule has 0 saturated heterocycles. The van der Waals surface area contributed by atoms with E-state index in [1.165, 1.54) is 25.3 Å². The molecule has 20 heavy (non-hydrogen) atoms. The van der Waals surface area contributed by atoms with Crippen LogP contribution in [0.3, 0.4) is 0 Å². The minimum atomic E-state index is -0.411. The van der Waals surface area contributed by atoms with Crippen molar-refractivity contribution in [2.24, 2.45) is 0 Å². The molecule has 0 radical (unpaired) electrons. The molecule has 0 aromatic heterocycles. The summed E-state index contributed by atoms with van der Waals surface area (Å²) in [5.41, 5.74) is 7.11. The Hall–Kier alpha value is -2.74. The highest BCUT2D eigenvalue weighted by Gasteiger charge is 2.06. The average molecular weight is 272 g/mol. The van der Waals surface area contributed by atoms with Gasteiger partial charge >= 0.3 is 0 Å². The predicted octanol–water partition coefficient (Wildman–Crippen LogP) is 2.87. The lowest BCUT2D eigenvalue weighted by atomic mass is 10.1. The molecule has 0 aliphatic carbocycles. The van der Waals surface area contributed by atoms with Gasteiger partial charge in [0.1, 0.15) is 30.0 Å². The highest BCUT2D eigenvalue weighted by molar-refractivity contribution is 5.52. The molecule has 102 valence electrons. The average Bonchev–Trinajstić information content (AvgIpc) is 2.46. The highest BCUT2D eigenvalue weighted by atomic mass is 19.1. The van der Waals surface area contributed by atoms with Gasteiger partial charge in [-0.2, -0.15) is 5.26 Å². The normalized spacial score (nSPS) is 9.85. The van der Waals surface area contributed by atoms with Gasteiger partial charge in [-0.3, -0.25) is 0 Å². The van der Waals surface area contributed by atoms with E-state index in [0.29, 0.717) is 17.1 Å². The molecule has 0 aliphatic rings.